The highest BCUT2D eigenvalue weighted by atomic mass is 35.5. The molecule has 4 rings (SSSR count). The van der Waals surface area contributed by atoms with Gasteiger partial charge in [0, 0.05) is 23.0 Å². The van der Waals surface area contributed by atoms with Gasteiger partial charge in [-0.1, -0.05) is 35.9 Å². The van der Waals surface area contributed by atoms with Crippen LogP contribution >= 0.6 is 11.6 Å². The SMILES string of the molecule is Clc1ccc(N2CCC3Cc4ccccc4C3=N2)cc1. The summed E-state index contributed by atoms with van der Waals surface area (Å²) in [7, 11) is 0. The first-order valence-corrected chi connectivity index (χ1v) is 7.39. The summed E-state index contributed by atoms with van der Waals surface area (Å²) in [5, 5.41) is 7.76. The van der Waals surface area contributed by atoms with Gasteiger partial charge in [-0.3, -0.25) is 5.01 Å². The van der Waals surface area contributed by atoms with Crippen LogP contribution in [0.3, 0.4) is 0 Å². The van der Waals surface area contributed by atoms with E-state index < -0.39 is 0 Å². The smallest absolute Gasteiger partial charge is 0.0719 e. The topological polar surface area (TPSA) is 15.6 Å². The van der Waals surface area contributed by atoms with Gasteiger partial charge < -0.3 is 0 Å². The third-order valence-electron chi connectivity index (χ3n) is 4.19. The molecule has 0 aromatic heterocycles. The predicted molar refractivity (Wildman–Crippen MR) is 83.6 cm³/mol. The molecule has 2 aliphatic rings. The summed E-state index contributed by atoms with van der Waals surface area (Å²) >= 11 is 5.95. The third kappa shape index (κ3) is 1.92. The maximum Gasteiger partial charge on any atom is 0.0719 e. The molecular formula is C17H15ClN2. The molecule has 1 aliphatic carbocycles. The van der Waals surface area contributed by atoms with Crippen LogP contribution in [0.2, 0.25) is 5.02 Å². The van der Waals surface area contributed by atoms with Gasteiger partial charge in [-0.25, -0.2) is 0 Å². The normalized spacial score (nSPS) is 20.4. The van der Waals surface area contributed by atoms with Crippen LogP contribution in [0, 0.1) is 5.92 Å². The van der Waals surface area contributed by atoms with Crippen molar-refractivity contribution in [1.82, 2.24) is 0 Å². The van der Waals surface area contributed by atoms with E-state index >= 15 is 0 Å². The third-order valence-corrected chi connectivity index (χ3v) is 4.44. The number of hydrogen-bond donors (Lipinski definition) is 0. The van der Waals surface area contributed by atoms with Crippen LogP contribution in [0.25, 0.3) is 0 Å². The molecule has 3 heteroatoms. The Balaban J connectivity index is 1.73. The van der Waals surface area contributed by atoms with Crippen LogP contribution in [-0.2, 0) is 6.42 Å². The lowest BCUT2D eigenvalue weighted by Gasteiger charge is -2.28. The van der Waals surface area contributed by atoms with Crippen molar-refractivity contribution in [3.05, 3.63) is 64.7 Å². The molecule has 1 atom stereocenters. The molecule has 2 aromatic carbocycles. The summed E-state index contributed by atoms with van der Waals surface area (Å²) in [6.07, 6.45) is 2.31. The summed E-state index contributed by atoms with van der Waals surface area (Å²) in [4.78, 5) is 0. The molecule has 0 N–H and O–H groups in total. The van der Waals surface area contributed by atoms with E-state index in [0.29, 0.717) is 5.92 Å². The maximum atomic E-state index is 5.95. The van der Waals surface area contributed by atoms with Crippen molar-refractivity contribution < 1.29 is 0 Å². The first-order valence-electron chi connectivity index (χ1n) is 7.01. The summed E-state index contributed by atoms with van der Waals surface area (Å²) in [5.74, 6) is 0.593. The molecule has 0 radical (unpaired) electrons. The molecule has 1 heterocycles. The molecule has 2 aromatic rings. The Kier molecular flexibility index (Phi) is 2.78. The zero-order chi connectivity index (χ0) is 13.5. The summed E-state index contributed by atoms with van der Waals surface area (Å²) in [6, 6.07) is 16.6. The Morgan fingerprint density at radius 3 is 2.70 bits per heavy atom. The van der Waals surface area contributed by atoms with Crippen LogP contribution < -0.4 is 5.01 Å². The van der Waals surface area contributed by atoms with Crippen molar-refractivity contribution in [3.63, 3.8) is 0 Å². The monoisotopic (exact) mass is 282 g/mol. The van der Waals surface area contributed by atoms with Gasteiger partial charge in [-0.2, -0.15) is 5.10 Å². The van der Waals surface area contributed by atoms with Crippen LogP contribution in [-0.4, -0.2) is 12.3 Å². The Morgan fingerprint density at radius 1 is 1.05 bits per heavy atom. The Hall–Kier alpha value is -1.80. The Morgan fingerprint density at radius 2 is 1.85 bits per heavy atom. The van der Waals surface area contributed by atoms with Gasteiger partial charge in [0.2, 0.25) is 0 Å². The largest absolute Gasteiger partial charge is 0.265 e. The molecular weight excluding hydrogens is 268 g/mol. The van der Waals surface area contributed by atoms with Gasteiger partial charge in [0.25, 0.3) is 0 Å². The minimum atomic E-state index is 0.593. The summed E-state index contributed by atoms with van der Waals surface area (Å²) in [6.45, 7) is 0.976. The van der Waals surface area contributed by atoms with Gasteiger partial charge in [-0.15, -0.1) is 0 Å². The number of halogens is 1. The summed E-state index contributed by atoms with van der Waals surface area (Å²) in [5.41, 5.74) is 5.14. The molecule has 0 saturated carbocycles. The fourth-order valence-corrected chi connectivity index (χ4v) is 3.29. The van der Waals surface area contributed by atoms with Crippen molar-refractivity contribution in [2.24, 2.45) is 11.0 Å². The second-order valence-electron chi connectivity index (χ2n) is 5.43. The Bertz CT molecular complexity index is 676. The summed E-state index contributed by atoms with van der Waals surface area (Å²) < 4.78 is 0. The molecule has 0 bridgehead atoms. The van der Waals surface area contributed by atoms with E-state index in [9.17, 15) is 0 Å². The molecule has 1 aliphatic heterocycles. The fourth-order valence-electron chi connectivity index (χ4n) is 3.16. The van der Waals surface area contributed by atoms with Gasteiger partial charge in [-0.05, 0) is 42.7 Å². The zero-order valence-electron chi connectivity index (χ0n) is 11.1. The van der Waals surface area contributed by atoms with Crippen LogP contribution in [0.15, 0.2) is 53.6 Å². The molecule has 100 valence electrons. The minimum absolute atomic E-state index is 0.593. The average molecular weight is 283 g/mol. The van der Waals surface area contributed by atoms with Crippen molar-refractivity contribution in [3.8, 4) is 0 Å². The highest BCUT2D eigenvalue weighted by Crippen LogP contribution is 2.34. The standard InChI is InChI=1S/C17H15ClN2/c18-14-5-7-15(8-6-14)20-10-9-13-11-12-3-1-2-4-16(12)17(13)19-20/h1-8,13H,9-11H2. The number of anilines is 1. The van der Waals surface area contributed by atoms with E-state index in [4.69, 9.17) is 16.7 Å². The van der Waals surface area contributed by atoms with E-state index in [-0.39, 0.29) is 0 Å². The van der Waals surface area contributed by atoms with Gasteiger partial charge >= 0.3 is 0 Å². The molecule has 2 nitrogen and oxygen atoms in total. The molecule has 0 amide bonds. The molecule has 0 spiro atoms. The van der Waals surface area contributed by atoms with Gasteiger partial charge in [0.15, 0.2) is 0 Å². The van der Waals surface area contributed by atoms with E-state index in [1.807, 2.05) is 24.3 Å². The van der Waals surface area contributed by atoms with Crippen LogP contribution in [0.4, 0.5) is 5.69 Å². The lowest BCUT2D eigenvalue weighted by Crippen LogP contribution is -2.30. The van der Waals surface area contributed by atoms with Crippen LogP contribution in [0.1, 0.15) is 17.5 Å². The number of rotatable bonds is 1. The molecule has 0 fully saturated rings. The van der Waals surface area contributed by atoms with E-state index in [1.54, 1.807) is 0 Å². The number of fused-ring (bicyclic) bond motifs is 3. The average Bonchev–Trinajstić information content (AvgIpc) is 2.86. The molecule has 1 unspecified atom stereocenters. The van der Waals surface area contributed by atoms with Crippen LogP contribution in [0.5, 0.6) is 0 Å². The number of hydrazone groups is 1. The molecule has 20 heavy (non-hydrogen) atoms. The van der Waals surface area contributed by atoms with E-state index in [1.165, 1.54) is 16.8 Å². The Labute approximate surface area is 123 Å². The highest BCUT2D eigenvalue weighted by Gasteiger charge is 2.32. The number of hydrogen-bond acceptors (Lipinski definition) is 2. The first-order chi connectivity index (χ1) is 9.81. The van der Waals surface area contributed by atoms with Gasteiger partial charge in [0.1, 0.15) is 0 Å². The maximum absolute atomic E-state index is 5.95. The quantitative estimate of drug-likeness (QED) is 0.768. The van der Waals surface area contributed by atoms with Crippen molar-refractivity contribution in [2.45, 2.75) is 12.8 Å². The van der Waals surface area contributed by atoms with Gasteiger partial charge in [0.05, 0.1) is 11.4 Å². The second kappa shape index (κ2) is 4.64. The second-order valence-corrected chi connectivity index (χ2v) is 5.87. The zero-order valence-corrected chi connectivity index (χ0v) is 11.8. The van der Waals surface area contributed by atoms with Crippen molar-refractivity contribution >= 4 is 23.0 Å². The van der Waals surface area contributed by atoms with E-state index in [0.717, 1.165) is 30.1 Å². The number of nitrogens with zero attached hydrogens (tertiary/aromatic N) is 2. The number of benzene rings is 2. The lowest BCUT2D eigenvalue weighted by atomic mass is 9.98. The van der Waals surface area contributed by atoms with Crippen molar-refractivity contribution in [1.29, 1.82) is 0 Å². The predicted octanol–water partition coefficient (Wildman–Crippen LogP) is 4.13. The molecule has 0 saturated heterocycles. The van der Waals surface area contributed by atoms with E-state index in [2.05, 4.69) is 29.3 Å². The fraction of sp³-hybridized carbons (Fsp3) is 0.235. The first kappa shape index (κ1) is 12.0. The highest BCUT2D eigenvalue weighted by molar-refractivity contribution is 6.30. The van der Waals surface area contributed by atoms with Crippen molar-refractivity contribution in [2.75, 3.05) is 11.6 Å². The minimum Gasteiger partial charge on any atom is -0.265 e. The lowest BCUT2D eigenvalue weighted by molar-refractivity contribution is 0.594.